The van der Waals surface area contributed by atoms with E-state index in [1.165, 1.54) is 0 Å². The lowest BCUT2D eigenvalue weighted by Gasteiger charge is -2.15. The highest BCUT2D eigenvalue weighted by molar-refractivity contribution is 6.30. The fourth-order valence-corrected chi connectivity index (χ4v) is 2.07. The monoisotopic (exact) mass is 325 g/mol. The molecule has 2 rings (SSSR count). The van der Waals surface area contributed by atoms with Gasteiger partial charge in [0.05, 0.1) is 17.7 Å². The maximum Gasteiger partial charge on any atom is 0.143 e. The molecule has 2 aromatic rings. The number of hydrogen-bond donors (Lipinski definition) is 2. The molecule has 112 valence electrons. The van der Waals surface area contributed by atoms with Crippen molar-refractivity contribution >= 4 is 28.9 Å². The molecule has 2 aromatic carbocycles. The number of hydrogen-bond acceptors (Lipinski definition) is 3. The van der Waals surface area contributed by atoms with Crippen LogP contribution in [-0.2, 0) is 6.61 Å². The third kappa shape index (κ3) is 5.12. The highest BCUT2D eigenvalue weighted by Crippen LogP contribution is 2.28. The molecule has 0 saturated carbocycles. The van der Waals surface area contributed by atoms with Gasteiger partial charge in [-0.05, 0) is 23.8 Å². The van der Waals surface area contributed by atoms with Crippen LogP contribution in [0.1, 0.15) is 5.56 Å². The number of rotatable bonds is 7. The molecule has 0 radical (unpaired) electrons. The number of alkyl halides is 1. The zero-order valence-electron chi connectivity index (χ0n) is 11.4. The average Bonchev–Trinajstić information content (AvgIpc) is 2.52. The molecule has 0 spiro atoms. The molecule has 0 aliphatic heterocycles. The van der Waals surface area contributed by atoms with Crippen LogP contribution < -0.4 is 10.1 Å². The van der Waals surface area contributed by atoms with Crippen molar-refractivity contribution in [3.8, 4) is 5.75 Å². The quantitative estimate of drug-likeness (QED) is 0.758. The molecule has 0 aromatic heterocycles. The Labute approximate surface area is 134 Å². The Balaban J connectivity index is 2.04. The Morgan fingerprint density at radius 1 is 1.14 bits per heavy atom. The molecular formula is C16H17Cl2NO2. The van der Waals surface area contributed by atoms with Gasteiger partial charge in [0, 0.05) is 11.6 Å². The largest absolute Gasteiger partial charge is 0.487 e. The number of nitrogens with one attached hydrogen (secondary N) is 1. The second kappa shape index (κ2) is 8.13. The number of ether oxygens (including phenoxy) is 1. The fraction of sp³-hybridized carbons (Fsp3) is 0.250. The highest BCUT2D eigenvalue weighted by Gasteiger charge is 2.08. The minimum atomic E-state index is -0.618. The summed E-state index contributed by atoms with van der Waals surface area (Å²) in [7, 11) is 0. The first-order valence-corrected chi connectivity index (χ1v) is 7.54. The van der Waals surface area contributed by atoms with Gasteiger partial charge in [-0.1, -0.05) is 41.9 Å². The first-order chi connectivity index (χ1) is 10.2. The van der Waals surface area contributed by atoms with Crippen molar-refractivity contribution in [2.24, 2.45) is 0 Å². The number of anilines is 1. The summed E-state index contributed by atoms with van der Waals surface area (Å²) in [6.07, 6.45) is -0.618. The van der Waals surface area contributed by atoms with Gasteiger partial charge < -0.3 is 15.2 Å². The standard InChI is InChI=1S/C16H17Cl2NO2/c17-9-14(20)10-19-15-8-13(18)6-7-16(15)21-11-12-4-2-1-3-5-12/h1-8,14,19-20H,9-11H2. The van der Waals surface area contributed by atoms with E-state index in [2.05, 4.69) is 5.32 Å². The van der Waals surface area contributed by atoms with E-state index in [-0.39, 0.29) is 5.88 Å². The second-order valence-corrected chi connectivity index (χ2v) is 5.35. The average molecular weight is 326 g/mol. The molecule has 0 aliphatic carbocycles. The molecule has 0 amide bonds. The van der Waals surface area contributed by atoms with E-state index in [9.17, 15) is 5.11 Å². The van der Waals surface area contributed by atoms with Crippen molar-refractivity contribution in [3.05, 3.63) is 59.1 Å². The van der Waals surface area contributed by atoms with Crippen molar-refractivity contribution < 1.29 is 9.84 Å². The predicted molar refractivity (Wildman–Crippen MR) is 87.4 cm³/mol. The van der Waals surface area contributed by atoms with E-state index >= 15 is 0 Å². The summed E-state index contributed by atoms with van der Waals surface area (Å²) in [6, 6.07) is 15.2. The number of aliphatic hydroxyl groups excluding tert-OH is 1. The lowest BCUT2D eigenvalue weighted by atomic mass is 10.2. The van der Waals surface area contributed by atoms with E-state index < -0.39 is 6.10 Å². The second-order valence-electron chi connectivity index (χ2n) is 4.60. The van der Waals surface area contributed by atoms with Gasteiger partial charge in [-0.3, -0.25) is 0 Å². The van der Waals surface area contributed by atoms with E-state index in [1.807, 2.05) is 30.3 Å². The van der Waals surface area contributed by atoms with Crippen LogP contribution in [0.25, 0.3) is 0 Å². The molecule has 2 N–H and O–H groups in total. The van der Waals surface area contributed by atoms with Crippen molar-refractivity contribution in [2.75, 3.05) is 17.7 Å². The lowest BCUT2D eigenvalue weighted by Crippen LogP contribution is -2.21. The van der Waals surface area contributed by atoms with Crippen LogP contribution in [0.4, 0.5) is 5.69 Å². The Morgan fingerprint density at radius 2 is 1.90 bits per heavy atom. The van der Waals surface area contributed by atoms with E-state index in [0.717, 1.165) is 11.3 Å². The first-order valence-electron chi connectivity index (χ1n) is 6.63. The van der Waals surface area contributed by atoms with Gasteiger partial charge >= 0.3 is 0 Å². The zero-order chi connectivity index (χ0) is 15.1. The number of aliphatic hydroxyl groups is 1. The van der Waals surface area contributed by atoms with Crippen LogP contribution in [0.3, 0.4) is 0 Å². The van der Waals surface area contributed by atoms with E-state index in [4.69, 9.17) is 27.9 Å². The SMILES string of the molecule is OC(CCl)CNc1cc(Cl)ccc1OCc1ccccc1. The summed E-state index contributed by atoms with van der Waals surface area (Å²) in [4.78, 5) is 0. The molecule has 1 unspecified atom stereocenters. The minimum Gasteiger partial charge on any atom is -0.487 e. The highest BCUT2D eigenvalue weighted by atomic mass is 35.5. The van der Waals surface area contributed by atoms with Gasteiger partial charge in [0.25, 0.3) is 0 Å². The molecule has 21 heavy (non-hydrogen) atoms. The lowest BCUT2D eigenvalue weighted by molar-refractivity contribution is 0.211. The summed E-state index contributed by atoms with van der Waals surface area (Å²) in [5.74, 6) is 0.860. The van der Waals surface area contributed by atoms with Crippen LogP contribution in [0, 0.1) is 0 Å². The fourth-order valence-electron chi connectivity index (χ4n) is 1.78. The molecule has 0 heterocycles. The van der Waals surface area contributed by atoms with Crippen LogP contribution in [0.15, 0.2) is 48.5 Å². The smallest absolute Gasteiger partial charge is 0.143 e. The normalized spacial score (nSPS) is 12.0. The van der Waals surface area contributed by atoms with Gasteiger partial charge in [-0.25, -0.2) is 0 Å². The summed E-state index contributed by atoms with van der Waals surface area (Å²) in [5.41, 5.74) is 1.82. The Hall–Kier alpha value is -1.42. The van der Waals surface area contributed by atoms with Gasteiger partial charge in [0.2, 0.25) is 0 Å². The van der Waals surface area contributed by atoms with Gasteiger partial charge in [0.15, 0.2) is 0 Å². The summed E-state index contributed by atoms with van der Waals surface area (Å²) < 4.78 is 5.81. The summed E-state index contributed by atoms with van der Waals surface area (Å²) in [5, 5.41) is 13.2. The molecule has 0 fully saturated rings. The van der Waals surface area contributed by atoms with E-state index in [0.29, 0.717) is 23.9 Å². The molecular weight excluding hydrogens is 309 g/mol. The summed E-state index contributed by atoms with van der Waals surface area (Å²) >= 11 is 11.6. The van der Waals surface area contributed by atoms with E-state index in [1.54, 1.807) is 18.2 Å². The number of benzene rings is 2. The van der Waals surface area contributed by atoms with Gasteiger partial charge in [-0.15, -0.1) is 11.6 Å². The summed E-state index contributed by atoms with van der Waals surface area (Å²) in [6.45, 7) is 0.806. The van der Waals surface area contributed by atoms with Crippen LogP contribution >= 0.6 is 23.2 Å². The van der Waals surface area contributed by atoms with Gasteiger partial charge in [0.1, 0.15) is 12.4 Å². The van der Waals surface area contributed by atoms with Crippen molar-refractivity contribution in [1.29, 1.82) is 0 Å². The molecule has 1 atom stereocenters. The van der Waals surface area contributed by atoms with Crippen molar-refractivity contribution in [2.45, 2.75) is 12.7 Å². The Bertz CT molecular complexity index is 563. The van der Waals surface area contributed by atoms with Crippen LogP contribution in [0.5, 0.6) is 5.75 Å². The zero-order valence-corrected chi connectivity index (χ0v) is 12.9. The van der Waals surface area contributed by atoms with Crippen molar-refractivity contribution in [1.82, 2.24) is 0 Å². The maximum absolute atomic E-state index is 9.52. The molecule has 0 aliphatic rings. The Kier molecular flexibility index (Phi) is 6.18. The third-order valence-corrected chi connectivity index (χ3v) is 3.48. The Morgan fingerprint density at radius 3 is 2.62 bits per heavy atom. The van der Waals surface area contributed by atoms with Crippen LogP contribution in [-0.4, -0.2) is 23.6 Å². The molecule has 0 saturated heterocycles. The molecule has 5 heteroatoms. The van der Waals surface area contributed by atoms with Crippen molar-refractivity contribution in [3.63, 3.8) is 0 Å². The third-order valence-electron chi connectivity index (χ3n) is 2.89. The molecule has 3 nitrogen and oxygen atoms in total. The predicted octanol–water partition coefficient (Wildman–Crippen LogP) is 3.93. The molecule has 0 bridgehead atoms. The van der Waals surface area contributed by atoms with Crippen LogP contribution in [0.2, 0.25) is 5.02 Å². The topological polar surface area (TPSA) is 41.5 Å². The maximum atomic E-state index is 9.52. The van der Waals surface area contributed by atoms with Gasteiger partial charge in [-0.2, -0.15) is 0 Å². The minimum absolute atomic E-state index is 0.174. The first kappa shape index (κ1) is 16.0. The number of halogens is 2.